The second kappa shape index (κ2) is 7.55. The molecular weight excluding hydrogens is 346 g/mol. The lowest BCUT2D eigenvalue weighted by Gasteiger charge is -2.42. The Balaban J connectivity index is 1.58. The van der Waals surface area contributed by atoms with E-state index in [9.17, 15) is 0 Å². The van der Waals surface area contributed by atoms with E-state index in [1.165, 1.54) is 67.6 Å². The molecule has 3 nitrogen and oxygen atoms in total. The van der Waals surface area contributed by atoms with E-state index in [1.807, 2.05) is 11.3 Å². The van der Waals surface area contributed by atoms with Gasteiger partial charge in [0.2, 0.25) is 0 Å². The molecule has 5 heteroatoms. The molecule has 1 unspecified atom stereocenters. The second-order valence-electron chi connectivity index (χ2n) is 6.25. The number of hydrogen-bond donors (Lipinski definition) is 1. The molecule has 3 heterocycles. The van der Waals surface area contributed by atoms with Crippen LogP contribution in [0, 0.1) is 0 Å². The number of thiophene rings is 1. The fourth-order valence-corrected chi connectivity index (χ4v) is 5.60. The van der Waals surface area contributed by atoms with Crippen LogP contribution in [-0.4, -0.2) is 48.6 Å². The predicted molar refractivity (Wildman–Crippen MR) is 93.8 cm³/mol. The molecule has 0 radical (unpaired) electrons. The minimum Gasteiger partial charge on any atom is -0.329 e. The quantitative estimate of drug-likeness (QED) is 0.879. The van der Waals surface area contributed by atoms with Crippen molar-refractivity contribution in [2.45, 2.75) is 44.2 Å². The van der Waals surface area contributed by atoms with Crippen LogP contribution in [0.3, 0.4) is 0 Å². The predicted octanol–water partition coefficient (Wildman–Crippen LogP) is 3.46. The lowest BCUT2D eigenvalue weighted by atomic mass is 9.98. The summed E-state index contributed by atoms with van der Waals surface area (Å²) in [7, 11) is 0. The summed E-state index contributed by atoms with van der Waals surface area (Å²) in [5.74, 6) is 0. The normalized spacial score (nSPS) is 24.3. The Bertz CT molecular complexity index is 436. The van der Waals surface area contributed by atoms with E-state index in [2.05, 4.69) is 37.2 Å². The van der Waals surface area contributed by atoms with E-state index in [0.29, 0.717) is 12.6 Å². The largest absolute Gasteiger partial charge is 0.329 e. The zero-order chi connectivity index (χ0) is 14.7. The monoisotopic (exact) mass is 371 g/mol. The maximum Gasteiger partial charge on any atom is 0.0575 e. The first-order chi connectivity index (χ1) is 10.3. The van der Waals surface area contributed by atoms with Gasteiger partial charge in [-0.3, -0.25) is 4.90 Å². The van der Waals surface area contributed by atoms with E-state index in [0.717, 1.165) is 6.04 Å². The van der Waals surface area contributed by atoms with Gasteiger partial charge < -0.3 is 10.6 Å². The average molecular weight is 372 g/mol. The van der Waals surface area contributed by atoms with Crippen LogP contribution in [-0.2, 0) is 0 Å². The number of halogens is 1. The second-order valence-corrected chi connectivity index (χ2v) is 8.05. The Morgan fingerprint density at radius 3 is 2.48 bits per heavy atom. The topological polar surface area (TPSA) is 32.5 Å². The van der Waals surface area contributed by atoms with Crippen molar-refractivity contribution in [1.29, 1.82) is 0 Å². The Morgan fingerprint density at radius 2 is 1.90 bits per heavy atom. The lowest BCUT2D eigenvalue weighted by molar-refractivity contribution is 0.0742. The molecule has 2 saturated heterocycles. The number of rotatable bonds is 4. The van der Waals surface area contributed by atoms with Gasteiger partial charge in [-0.05, 0) is 66.1 Å². The van der Waals surface area contributed by atoms with Crippen molar-refractivity contribution in [3.05, 3.63) is 20.8 Å². The fourth-order valence-electron chi connectivity index (χ4n) is 3.81. The lowest BCUT2D eigenvalue weighted by Crippen LogP contribution is -2.48. The minimum atomic E-state index is 0.390. The van der Waals surface area contributed by atoms with Crippen LogP contribution in [0.4, 0.5) is 0 Å². The number of likely N-dealkylation sites (tertiary alicyclic amines) is 2. The van der Waals surface area contributed by atoms with Crippen molar-refractivity contribution >= 4 is 27.3 Å². The smallest absolute Gasteiger partial charge is 0.0575 e. The number of nitrogens with two attached hydrogens (primary N) is 1. The van der Waals surface area contributed by atoms with Crippen molar-refractivity contribution in [2.75, 3.05) is 32.7 Å². The highest BCUT2D eigenvalue weighted by Crippen LogP contribution is 2.34. The first-order valence-electron chi connectivity index (χ1n) is 8.20. The summed E-state index contributed by atoms with van der Waals surface area (Å²) < 4.78 is 1.22. The van der Waals surface area contributed by atoms with Crippen molar-refractivity contribution in [3.8, 4) is 0 Å². The van der Waals surface area contributed by atoms with Gasteiger partial charge in [-0.25, -0.2) is 0 Å². The molecule has 2 N–H and O–H groups in total. The molecule has 0 spiro atoms. The van der Waals surface area contributed by atoms with Gasteiger partial charge in [-0.15, -0.1) is 11.3 Å². The van der Waals surface area contributed by atoms with Crippen LogP contribution < -0.4 is 5.73 Å². The SMILES string of the molecule is NCC(c1sccc1Br)N1CCC(N2CCCCC2)CC1. The summed E-state index contributed by atoms with van der Waals surface area (Å²) >= 11 is 5.49. The highest BCUT2D eigenvalue weighted by molar-refractivity contribution is 9.10. The zero-order valence-corrected chi connectivity index (χ0v) is 15.0. The molecule has 0 aliphatic carbocycles. The molecule has 21 heavy (non-hydrogen) atoms. The summed E-state index contributed by atoms with van der Waals surface area (Å²) in [5, 5.41) is 2.16. The molecule has 2 aliphatic rings. The first kappa shape index (κ1) is 15.9. The molecule has 3 rings (SSSR count). The van der Waals surface area contributed by atoms with Gasteiger partial charge in [0, 0.05) is 35.0 Å². The summed E-state index contributed by atoms with van der Waals surface area (Å²) in [6.07, 6.45) is 6.83. The Hall–Kier alpha value is 0.0600. The van der Waals surface area contributed by atoms with Gasteiger partial charge in [-0.1, -0.05) is 6.42 Å². The van der Waals surface area contributed by atoms with Gasteiger partial charge in [0.15, 0.2) is 0 Å². The molecule has 0 amide bonds. The zero-order valence-electron chi connectivity index (χ0n) is 12.6. The molecular formula is C16H26BrN3S. The maximum atomic E-state index is 6.07. The van der Waals surface area contributed by atoms with Crippen LogP contribution in [0.1, 0.15) is 43.0 Å². The minimum absolute atomic E-state index is 0.390. The van der Waals surface area contributed by atoms with Crippen LogP contribution in [0.2, 0.25) is 0 Å². The molecule has 2 fully saturated rings. The summed E-state index contributed by atoms with van der Waals surface area (Å²) in [4.78, 5) is 6.73. The molecule has 0 saturated carbocycles. The van der Waals surface area contributed by atoms with Crippen LogP contribution in [0.5, 0.6) is 0 Å². The third-order valence-corrected chi connectivity index (χ3v) is 6.99. The van der Waals surface area contributed by atoms with E-state index in [4.69, 9.17) is 5.73 Å². The standard InChI is InChI=1S/C16H26BrN3S/c17-14-6-11-21-16(14)15(12-18)20-9-4-13(5-10-20)19-7-2-1-3-8-19/h6,11,13,15H,1-5,7-10,12,18H2. The summed E-state index contributed by atoms with van der Waals surface area (Å²) in [6.45, 7) is 5.73. The maximum absolute atomic E-state index is 6.07. The van der Waals surface area contributed by atoms with Crippen molar-refractivity contribution in [1.82, 2.24) is 9.80 Å². The number of nitrogens with zero attached hydrogens (tertiary/aromatic N) is 2. The summed E-state index contributed by atoms with van der Waals surface area (Å²) in [6, 6.07) is 3.34. The Kier molecular flexibility index (Phi) is 5.73. The van der Waals surface area contributed by atoms with Gasteiger partial charge in [0.1, 0.15) is 0 Å². The highest BCUT2D eigenvalue weighted by Gasteiger charge is 2.30. The van der Waals surface area contributed by atoms with Gasteiger partial charge in [0.05, 0.1) is 6.04 Å². The molecule has 1 atom stereocenters. The van der Waals surface area contributed by atoms with Gasteiger partial charge in [0.25, 0.3) is 0 Å². The Morgan fingerprint density at radius 1 is 1.19 bits per heavy atom. The molecule has 1 aromatic heterocycles. The van der Waals surface area contributed by atoms with Crippen LogP contribution in [0.25, 0.3) is 0 Å². The van der Waals surface area contributed by atoms with E-state index >= 15 is 0 Å². The average Bonchev–Trinajstić information content (AvgIpc) is 2.96. The highest BCUT2D eigenvalue weighted by atomic mass is 79.9. The van der Waals surface area contributed by atoms with Crippen LogP contribution in [0.15, 0.2) is 15.9 Å². The van der Waals surface area contributed by atoms with E-state index in [-0.39, 0.29) is 0 Å². The molecule has 1 aromatic rings. The molecule has 118 valence electrons. The van der Waals surface area contributed by atoms with E-state index in [1.54, 1.807) is 0 Å². The third kappa shape index (κ3) is 3.70. The van der Waals surface area contributed by atoms with Crippen LogP contribution >= 0.6 is 27.3 Å². The van der Waals surface area contributed by atoms with Crippen molar-refractivity contribution in [2.24, 2.45) is 5.73 Å². The van der Waals surface area contributed by atoms with Crippen molar-refractivity contribution < 1.29 is 0 Å². The number of hydrogen-bond acceptors (Lipinski definition) is 4. The van der Waals surface area contributed by atoms with Gasteiger partial charge >= 0.3 is 0 Å². The van der Waals surface area contributed by atoms with Gasteiger partial charge in [-0.2, -0.15) is 0 Å². The van der Waals surface area contributed by atoms with E-state index < -0.39 is 0 Å². The Labute approximate surface area is 140 Å². The summed E-state index contributed by atoms with van der Waals surface area (Å²) in [5.41, 5.74) is 6.07. The molecule has 0 bridgehead atoms. The third-order valence-electron chi connectivity index (χ3n) is 5.02. The first-order valence-corrected chi connectivity index (χ1v) is 9.88. The molecule has 0 aromatic carbocycles. The van der Waals surface area contributed by atoms with Crippen molar-refractivity contribution in [3.63, 3.8) is 0 Å². The fraction of sp³-hybridized carbons (Fsp3) is 0.750. The number of piperidine rings is 2. The molecule has 2 aliphatic heterocycles.